The monoisotopic (exact) mass is 155 g/mol. The molecule has 0 heterocycles. The third kappa shape index (κ3) is 4.42. The standard InChI is InChI=1S/C3H7FNO3P/c4-3(5)2(6)1-8-9-7/h2-3,6H,1,5H2. The molecule has 54 valence electrons. The van der Waals surface area contributed by atoms with Gasteiger partial charge in [-0.05, 0) is 0 Å². The zero-order valence-corrected chi connectivity index (χ0v) is 5.42. The topological polar surface area (TPSA) is 72.6 Å². The number of rotatable bonds is 4. The second-order valence-corrected chi connectivity index (χ2v) is 1.79. The van der Waals surface area contributed by atoms with Gasteiger partial charge in [0.1, 0.15) is 6.10 Å². The molecule has 0 rings (SSSR count). The minimum Gasteiger partial charge on any atom is -0.386 e. The smallest absolute Gasteiger partial charge is 0.327 e. The Bertz CT molecular complexity index is 91.1. The lowest BCUT2D eigenvalue weighted by molar-refractivity contribution is 0.0438. The second-order valence-electron chi connectivity index (χ2n) is 1.38. The van der Waals surface area contributed by atoms with Crippen LogP contribution in [0.25, 0.3) is 0 Å². The third-order valence-electron chi connectivity index (χ3n) is 0.666. The first-order chi connectivity index (χ1) is 4.18. The van der Waals surface area contributed by atoms with Gasteiger partial charge in [-0.25, -0.2) is 8.96 Å². The van der Waals surface area contributed by atoms with Gasteiger partial charge in [0.2, 0.25) is 0 Å². The Balaban J connectivity index is 3.26. The number of aliphatic hydroxyl groups excluding tert-OH is 1. The molecule has 0 aromatic carbocycles. The molecule has 0 bridgehead atoms. The molecule has 0 saturated heterocycles. The van der Waals surface area contributed by atoms with Gasteiger partial charge in [0.05, 0.1) is 6.61 Å². The summed E-state index contributed by atoms with van der Waals surface area (Å²) in [5, 5.41) is 8.49. The first-order valence-corrected chi connectivity index (χ1v) is 2.94. The van der Waals surface area contributed by atoms with Gasteiger partial charge in [-0.1, -0.05) is 0 Å². The van der Waals surface area contributed by atoms with E-state index in [1.165, 1.54) is 0 Å². The molecular formula is C3H7FNO3P. The molecule has 9 heavy (non-hydrogen) atoms. The Morgan fingerprint density at radius 1 is 1.89 bits per heavy atom. The van der Waals surface area contributed by atoms with Gasteiger partial charge in [-0.15, -0.1) is 0 Å². The fraction of sp³-hybridized carbons (Fsp3) is 1.00. The minimum absolute atomic E-state index is 0.358. The Labute approximate surface area is 53.1 Å². The summed E-state index contributed by atoms with van der Waals surface area (Å²) in [5.41, 5.74) is 4.57. The molecule has 0 saturated carbocycles. The lowest BCUT2D eigenvalue weighted by Crippen LogP contribution is -2.33. The van der Waals surface area contributed by atoms with Gasteiger partial charge >= 0.3 is 8.69 Å². The van der Waals surface area contributed by atoms with Crippen molar-refractivity contribution in [3.8, 4) is 0 Å². The number of halogens is 1. The second kappa shape index (κ2) is 4.76. The average Bonchev–Trinajstić information content (AvgIpc) is 1.82. The van der Waals surface area contributed by atoms with Gasteiger partial charge < -0.3 is 5.11 Å². The molecule has 0 radical (unpaired) electrons. The van der Waals surface area contributed by atoms with Crippen molar-refractivity contribution in [2.45, 2.75) is 12.4 Å². The third-order valence-corrected chi connectivity index (χ3v) is 0.920. The molecule has 4 nitrogen and oxygen atoms in total. The van der Waals surface area contributed by atoms with Crippen LogP contribution in [0.15, 0.2) is 0 Å². The lowest BCUT2D eigenvalue weighted by atomic mass is 10.4. The van der Waals surface area contributed by atoms with Crippen LogP contribution >= 0.6 is 8.69 Å². The lowest BCUT2D eigenvalue weighted by Gasteiger charge is -2.07. The summed E-state index contributed by atoms with van der Waals surface area (Å²) in [7, 11) is -0.587. The van der Waals surface area contributed by atoms with E-state index in [2.05, 4.69) is 10.3 Å². The highest BCUT2D eigenvalue weighted by Gasteiger charge is 2.12. The predicted molar refractivity (Wildman–Crippen MR) is 28.6 cm³/mol. The van der Waals surface area contributed by atoms with Crippen LogP contribution in [0.3, 0.4) is 0 Å². The molecule has 2 unspecified atom stereocenters. The molecule has 3 N–H and O–H groups in total. The van der Waals surface area contributed by atoms with Crippen LogP contribution in [0.4, 0.5) is 4.39 Å². The van der Waals surface area contributed by atoms with Crippen LogP contribution in [-0.4, -0.2) is 24.1 Å². The van der Waals surface area contributed by atoms with E-state index in [9.17, 15) is 8.96 Å². The Morgan fingerprint density at radius 2 is 2.44 bits per heavy atom. The zero-order valence-electron chi connectivity index (χ0n) is 4.53. The van der Waals surface area contributed by atoms with E-state index in [0.717, 1.165) is 0 Å². The van der Waals surface area contributed by atoms with Crippen molar-refractivity contribution in [3.63, 3.8) is 0 Å². The summed E-state index contributed by atoms with van der Waals surface area (Å²) in [6.07, 6.45) is -3.24. The van der Waals surface area contributed by atoms with Crippen molar-refractivity contribution < 1.29 is 18.6 Å². The van der Waals surface area contributed by atoms with Crippen molar-refractivity contribution in [1.29, 1.82) is 0 Å². The van der Waals surface area contributed by atoms with Crippen LogP contribution in [0.5, 0.6) is 0 Å². The van der Waals surface area contributed by atoms with Crippen molar-refractivity contribution in [1.82, 2.24) is 0 Å². The number of hydrogen-bond donors (Lipinski definition) is 2. The molecule has 2 atom stereocenters. The maximum atomic E-state index is 11.8. The van der Waals surface area contributed by atoms with E-state index >= 15 is 0 Å². The van der Waals surface area contributed by atoms with E-state index in [4.69, 9.17) is 5.11 Å². The maximum absolute atomic E-state index is 11.8. The minimum atomic E-state index is -1.84. The number of alkyl halides is 1. The quantitative estimate of drug-likeness (QED) is 0.436. The fourth-order valence-electron chi connectivity index (χ4n) is 0.199. The molecule has 0 fully saturated rings. The summed E-state index contributed by atoms with van der Waals surface area (Å²) in [4.78, 5) is 0. The predicted octanol–water partition coefficient (Wildman–Crippen LogP) is -0.175. The van der Waals surface area contributed by atoms with Crippen molar-refractivity contribution in [2.24, 2.45) is 5.73 Å². The summed E-state index contributed by atoms with van der Waals surface area (Å²) < 4.78 is 25.4. The Kier molecular flexibility index (Phi) is 4.71. The largest absolute Gasteiger partial charge is 0.386 e. The molecule has 0 aliphatic rings. The maximum Gasteiger partial charge on any atom is 0.327 e. The van der Waals surface area contributed by atoms with E-state index in [0.29, 0.717) is 0 Å². The van der Waals surface area contributed by atoms with Gasteiger partial charge in [0.25, 0.3) is 0 Å². The van der Waals surface area contributed by atoms with Gasteiger partial charge in [-0.3, -0.25) is 10.3 Å². The Hall–Kier alpha value is -0.0900. The molecule has 0 aromatic heterocycles. The number of aliphatic hydroxyl groups is 1. The van der Waals surface area contributed by atoms with Crippen LogP contribution in [0.1, 0.15) is 0 Å². The first-order valence-electron chi connectivity index (χ1n) is 2.21. The van der Waals surface area contributed by atoms with E-state index < -0.39 is 21.1 Å². The molecule has 0 spiro atoms. The first kappa shape index (κ1) is 8.91. The molecular weight excluding hydrogens is 148 g/mol. The summed E-state index contributed by atoms with van der Waals surface area (Å²) >= 11 is 0. The molecule has 6 heteroatoms. The van der Waals surface area contributed by atoms with E-state index in [1.807, 2.05) is 0 Å². The van der Waals surface area contributed by atoms with Crippen LogP contribution in [0.2, 0.25) is 0 Å². The van der Waals surface area contributed by atoms with E-state index in [-0.39, 0.29) is 6.61 Å². The molecule has 0 aromatic rings. The number of hydrogen-bond acceptors (Lipinski definition) is 4. The molecule has 0 aliphatic heterocycles. The van der Waals surface area contributed by atoms with Gasteiger partial charge in [-0.2, -0.15) is 0 Å². The highest BCUT2D eigenvalue weighted by Crippen LogP contribution is 1.98. The van der Waals surface area contributed by atoms with Crippen molar-refractivity contribution >= 4 is 8.69 Å². The summed E-state index contributed by atoms with van der Waals surface area (Å²) in [5.74, 6) is 0. The van der Waals surface area contributed by atoms with Crippen LogP contribution < -0.4 is 5.73 Å². The number of nitrogens with two attached hydrogens (primary N) is 1. The normalized spacial score (nSPS) is 17.7. The zero-order chi connectivity index (χ0) is 7.28. The fourth-order valence-corrected chi connectivity index (χ4v) is 0.412. The van der Waals surface area contributed by atoms with E-state index in [1.54, 1.807) is 0 Å². The van der Waals surface area contributed by atoms with Gasteiger partial charge in [0.15, 0.2) is 6.30 Å². The molecule has 0 aliphatic carbocycles. The summed E-state index contributed by atoms with van der Waals surface area (Å²) in [6, 6.07) is 0. The highest BCUT2D eigenvalue weighted by atomic mass is 31.1. The summed E-state index contributed by atoms with van der Waals surface area (Å²) in [6.45, 7) is -0.358. The van der Waals surface area contributed by atoms with Crippen molar-refractivity contribution in [3.05, 3.63) is 0 Å². The average molecular weight is 155 g/mol. The van der Waals surface area contributed by atoms with Crippen molar-refractivity contribution in [2.75, 3.05) is 6.61 Å². The Morgan fingerprint density at radius 3 is 2.78 bits per heavy atom. The van der Waals surface area contributed by atoms with Gasteiger partial charge in [0, 0.05) is 0 Å². The SMILES string of the molecule is NC(F)C(O)COP=O. The highest BCUT2D eigenvalue weighted by molar-refractivity contribution is 7.17. The van der Waals surface area contributed by atoms with Crippen LogP contribution in [0, 0.1) is 0 Å². The van der Waals surface area contributed by atoms with Crippen LogP contribution in [-0.2, 0) is 9.09 Å². The molecule has 0 amide bonds.